The van der Waals surface area contributed by atoms with Gasteiger partial charge in [0.15, 0.2) is 0 Å². The number of unbranched alkanes of at least 4 members (excludes halogenated alkanes) is 1. The van der Waals surface area contributed by atoms with Crippen molar-refractivity contribution in [1.29, 1.82) is 0 Å². The van der Waals surface area contributed by atoms with E-state index >= 15 is 0 Å². The Balaban J connectivity index is 2.19. The van der Waals surface area contributed by atoms with Gasteiger partial charge in [-0.15, -0.1) is 0 Å². The topological polar surface area (TPSA) is 71.1 Å². The van der Waals surface area contributed by atoms with Crippen LogP contribution in [0.1, 0.15) is 31.7 Å². The van der Waals surface area contributed by atoms with E-state index in [4.69, 9.17) is 18.9 Å². The van der Waals surface area contributed by atoms with Crippen molar-refractivity contribution in [2.45, 2.75) is 38.9 Å². The number of carbonyl (C=O) groups is 2. The van der Waals surface area contributed by atoms with Crippen molar-refractivity contribution in [3.05, 3.63) is 35.9 Å². The summed E-state index contributed by atoms with van der Waals surface area (Å²) in [4.78, 5) is 22.3. The predicted octanol–water partition coefficient (Wildman–Crippen LogP) is 3.13. The molecule has 0 fully saturated rings. The number of ether oxygens (including phenoxy) is 4. The van der Waals surface area contributed by atoms with Gasteiger partial charge < -0.3 is 23.7 Å². The molecule has 1 aromatic carbocycles. The quantitative estimate of drug-likeness (QED) is 0.431. The van der Waals surface area contributed by atoms with Gasteiger partial charge in [0.1, 0.15) is 18.5 Å². The number of hydrogen-bond acceptors (Lipinski definition) is 6. The fourth-order valence-electron chi connectivity index (χ4n) is 1.95. The van der Waals surface area contributed by atoms with Gasteiger partial charge in [0, 0.05) is 13.5 Å². The molecule has 6 nitrogen and oxygen atoms in total. The summed E-state index contributed by atoms with van der Waals surface area (Å²) in [5, 5.41) is 0. The third-order valence-corrected chi connectivity index (χ3v) is 3.21. The molecule has 0 aromatic heterocycles. The first-order chi connectivity index (χ1) is 11.6. The fourth-order valence-corrected chi connectivity index (χ4v) is 1.95. The first-order valence-electron chi connectivity index (χ1n) is 8.05. The average Bonchev–Trinajstić information content (AvgIpc) is 2.57. The fraction of sp³-hybridized carbons (Fsp3) is 0.556. The molecule has 0 aliphatic rings. The first kappa shape index (κ1) is 20.1. The summed E-state index contributed by atoms with van der Waals surface area (Å²) in [6, 6.07) is 9.72. The molecule has 0 amide bonds. The smallest absolute Gasteiger partial charge is 0.434 e. The Morgan fingerprint density at radius 1 is 1.04 bits per heavy atom. The minimum atomic E-state index is -0.734. The first-order valence-corrected chi connectivity index (χ1v) is 8.05. The van der Waals surface area contributed by atoms with E-state index < -0.39 is 6.16 Å². The maximum atomic E-state index is 11.5. The number of Topliss-reactive ketones (excluding diaryl/α,β-unsaturated/α-hetero) is 1. The zero-order chi connectivity index (χ0) is 17.6. The van der Waals surface area contributed by atoms with Crippen LogP contribution in [0, 0.1) is 0 Å². The van der Waals surface area contributed by atoms with Gasteiger partial charge in [-0.3, -0.25) is 0 Å². The Morgan fingerprint density at radius 2 is 1.79 bits per heavy atom. The molecule has 134 valence electrons. The van der Waals surface area contributed by atoms with Gasteiger partial charge in [0.05, 0.1) is 19.8 Å². The Kier molecular flexibility index (Phi) is 10.5. The molecule has 6 heteroatoms. The van der Waals surface area contributed by atoms with Crippen LogP contribution in [0.15, 0.2) is 30.3 Å². The highest BCUT2D eigenvalue weighted by Crippen LogP contribution is 2.05. The molecule has 24 heavy (non-hydrogen) atoms. The molecule has 1 aromatic rings. The van der Waals surface area contributed by atoms with Gasteiger partial charge in [-0.05, 0) is 25.3 Å². The van der Waals surface area contributed by atoms with Crippen molar-refractivity contribution in [2.24, 2.45) is 0 Å². The average molecular weight is 338 g/mol. The largest absolute Gasteiger partial charge is 0.508 e. The second kappa shape index (κ2) is 12.5. The van der Waals surface area contributed by atoms with Gasteiger partial charge in [-0.1, -0.05) is 30.3 Å². The van der Waals surface area contributed by atoms with Crippen LogP contribution in [-0.4, -0.2) is 45.0 Å². The number of benzene rings is 1. The molecule has 0 bridgehead atoms. The number of carbonyl (C=O) groups excluding carboxylic acids is 2. The Labute approximate surface area is 143 Å². The Hall–Kier alpha value is -1.92. The summed E-state index contributed by atoms with van der Waals surface area (Å²) in [6.07, 6.45) is 0.750. The maximum Gasteiger partial charge on any atom is 0.508 e. The SMILES string of the molecule is COCC(COC(=O)OCCCCC(C)=O)OCc1ccccc1. The highest BCUT2D eigenvalue weighted by Gasteiger charge is 2.13. The molecule has 0 radical (unpaired) electrons. The van der Waals surface area contributed by atoms with Gasteiger partial charge in [-0.2, -0.15) is 0 Å². The van der Waals surface area contributed by atoms with Crippen molar-refractivity contribution in [3.63, 3.8) is 0 Å². The van der Waals surface area contributed by atoms with E-state index in [1.165, 1.54) is 0 Å². The third-order valence-electron chi connectivity index (χ3n) is 3.21. The summed E-state index contributed by atoms with van der Waals surface area (Å²) >= 11 is 0. The minimum Gasteiger partial charge on any atom is -0.434 e. The van der Waals surface area contributed by atoms with Crippen molar-refractivity contribution in [3.8, 4) is 0 Å². The van der Waals surface area contributed by atoms with Crippen molar-refractivity contribution >= 4 is 11.9 Å². The molecule has 1 unspecified atom stereocenters. The molecule has 0 aliphatic heterocycles. The lowest BCUT2D eigenvalue weighted by atomic mass is 10.2. The normalized spacial score (nSPS) is 11.8. The van der Waals surface area contributed by atoms with E-state index in [2.05, 4.69) is 0 Å². The maximum absolute atomic E-state index is 11.5. The summed E-state index contributed by atoms with van der Waals surface area (Å²) in [5.74, 6) is 0.135. The predicted molar refractivity (Wildman–Crippen MR) is 88.7 cm³/mol. The van der Waals surface area contributed by atoms with Crippen LogP contribution < -0.4 is 0 Å². The highest BCUT2D eigenvalue weighted by molar-refractivity contribution is 5.75. The second-order valence-corrected chi connectivity index (χ2v) is 5.44. The Bertz CT molecular complexity index is 474. The lowest BCUT2D eigenvalue weighted by Gasteiger charge is -2.17. The molecule has 0 heterocycles. The zero-order valence-electron chi connectivity index (χ0n) is 14.4. The van der Waals surface area contributed by atoms with Crippen molar-refractivity contribution in [2.75, 3.05) is 26.9 Å². The van der Waals surface area contributed by atoms with Crippen LogP contribution in [0.3, 0.4) is 0 Å². The molecule has 0 N–H and O–H groups in total. The second-order valence-electron chi connectivity index (χ2n) is 5.44. The minimum absolute atomic E-state index is 0.0625. The number of ketones is 1. The van der Waals surface area contributed by atoms with Crippen molar-refractivity contribution < 1.29 is 28.5 Å². The van der Waals surface area contributed by atoms with E-state index in [-0.39, 0.29) is 25.1 Å². The molecule has 0 saturated carbocycles. The van der Waals surface area contributed by atoms with Gasteiger partial charge in [0.2, 0.25) is 0 Å². The van der Waals surface area contributed by atoms with Crippen LogP contribution in [0.2, 0.25) is 0 Å². The van der Waals surface area contributed by atoms with Gasteiger partial charge in [0.25, 0.3) is 0 Å². The molecule has 0 saturated heterocycles. The van der Waals surface area contributed by atoms with Gasteiger partial charge in [-0.25, -0.2) is 4.79 Å². The van der Waals surface area contributed by atoms with Crippen LogP contribution in [0.5, 0.6) is 0 Å². The monoisotopic (exact) mass is 338 g/mol. The van der Waals surface area contributed by atoms with E-state index in [0.717, 1.165) is 5.56 Å². The highest BCUT2D eigenvalue weighted by atomic mass is 16.7. The summed E-state index contributed by atoms with van der Waals surface area (Å²) in [7, 11) is 1.56. The van der Waals surface area contributed by atoms with Gasteiger partial charge >= 0.3 is 6.16 Å². The number of methoxy groups -OCH3 is 1. The summed E-state index contributed by atoms with van der Waals surface area (Å²) in [6.45, 7) is 2.58. The summed E-state index contributed by atoms with van der Waals surface area (Å²) < 4.78 is 20.8. The zero-order valence-corrected chi connectivity index (χ0v) is 14.4. The molecular formula is C18H26O6. The van der Waals surface area contributed by atoms with Crippen molar-refractivity contribution in [1.82, 2.24) is 0 Å². The standard InChI is InChI=1S/C18H26O6/c1-15(19)8-6-7-11-22-18(20)24-14-17(13-21-2)23-12-16-9-4-3-5-10-16/h3-5,9-10,17H,6-8,11-14H2,1-2H3. The molecule has 1 atom stereocenters. The number of hydrogen-bond donors (Lipinski definition) is 0. The number of rotatable bonds is 12. The van der Waals surface area contributed by atoms with E-state index in [0.29, 0.717) is 32.5 Å². The Morgan fingerprint density at radius 3 is 2.46 bits per heavy atom. The van der Waals surface area contributed by atoms with Crippen LogP contribution >= 0.6 is 0 Å². The lowest BCUT2D eigenvalue weighted by Crippen LogP contribution is -2.27. The van der Waals surface area contributed by atoms with E-state index in [1.54, 1.807) is 14.0 Å². The molecular weight excluding hydrogens is 312 g/mol. The summed E-state index contributed by atoms with van der Waals surface area (Å²) in [5.41, 5.74) is 1.03. The van der Waals surface area contributed by atoms with E-state index in [9.17, 15) is 9.59 Å². The van der Waals surface area contributed by atoms with Crippen LogP contribution in [-0.2, 0) is 30.3 Å². The van der Waals surface area contributed by atoms with Crippen LogP contribution in [0.25, 0.3) is 0 Å². The molecule has 1 rings (SSSR count). The van der Waals surface area contributed by atoms with E-state index in [1.807, 2.05) is 30.3 Å². The van der Waals surface area contributed by atoms with Crippen LogP contribution in [0.4, 0.5) is 4.79 Å². The lowest BCUT2D eigenvalue weighted by molar-refractivity contribution is -0.117. The molecule has 0 aliphatic carbocycles. The third kappa shape index (κ3) is 9.97. The molecule has 0 spiro atoms.